The van der Waals surface area contributed by atoms with Gasteiger partial charge in [0, 0.05) is 27.7 Å². The second-order valence-electron chi connectivity index (χ2n) is 5.42. The summed E-state index contributed by atoms with van der Waals surface area (Å²) in [7, 11) is 0. The first-order valence-corrected chi connectivity index (χ1v) is 7.87. The molecule has 2 N–H and O–H groups in total. The average molecular weight is 345 g/mol. The quantitative estimate of drug-likeness (QED) is 0.408. The number of halogens is 1. The van der Waals surface area contributed by atoms with E-state index in [1.165, 1.54) is 6.21 Å². The van der Waals surface area contributed by atoms with E-state index in [9.17, 15) is 5.11 Å². The lowest BCUT2D eigenvalue weighted by Crippen LogP contribution is -2.23. The van der Waals surface area contributed by atoms with Crippen molar-refractivity contribution < 1.29 is 15.1 Å². The van der Waals surface area contributed by atoms with Crippen LogP contribution in [0.25, 0.3) is 10.9 Å². The molecule has 1 heterocycles. The average Bonchev–Trinajstić information content (AvgIpc) is 2.93. The third kappa shape index (κ3) is 3.69. The van der Waals surface area contributed by atoms with Crippen molar-refractivity contribution in [2.75, 3.05) is 6.61 Å². The monoisotopic (exact) mass is 344 g/mol. The first-order chi connectivity index (χ1) is 11.7. The number of para-hydroxylation sites is 1. The van der Waals surface area contributed by atoms with E-state index in [1.54, 1.807) is 24.3 Å². The molecule has 0 aliphatic carbocycles. The Morgan fingerprint density at radius 3 is 2.67 bits per heavy atom. The lowest BCUT2D eigenvalue weighted by Gasteiger charge is -2.14. The summed E-state index contributed by atoms with van der Waals surface area (Å²) in [6.07, 6.45) is 2.54. The fourth-order valence-electron chi connectivity index (χ4n) is 2.59. The van der Waals surface area contributed by atoms with Gasteiger partial charge in [-0.25, -0.2) is 0 Å². The second kappa shape index (κ2) is 7.38. The minimum Gasteiger partial charge on any atom is -0.491 e. The van der Waals surface area contributed by atoms with Crippen LogP contribution in [0.5, 0.6) is 5.75 Å². The van der Waals surface area contributed by atoms with E-state index in [-0.39, 0.29) is 6.61 Å². The molecule has 5 nitrogen and oxygen atoms in total. The van der Waals surface area contributed by atoms with Crippen LogP contribution in [0.2, 0.25) is 5.02 Å². The summed E-state index contributed by atoms with van der Waals surface area (Å²) in [6.45, 7) is 0.533. The van der Waals surface area contributed by atoms with Crippen LogP contribution in [-0.4, -0.2) is 33.8 Å². The molecule has 0 saturated heterocycles. The van der Waals surface area contributed by atoms with Gasteiger partial charge in [0.1, 0.15) is 18.5 Å². The number of hydrogen-bond acceptors (Lipinski definition) is 4. The van der Waals surface area contributed by atoms with Gasteiger partial charge in [-0.05, 0) is 30.3 Å². The molecule has 24 heavy (non-hydrogen) atoms. The molecule has 0 aliphatic heterocycles. The van der Waals surface area contributed by atoms with Crippen molar-refractivity contribution in [2.45, 2.75) is 12.6 Å². The highest BCUT2D eigenvalue weighted by Crippen LogP contribution is 2.21. The first kappa shape index (κ1) is 16.4. The highest BCUT2D eigenvalue weighted by Gasteiger charge is 2.11. The van der Waals surface area contributed by atoms with Crippen LogP contribution >= 0.6 is 11.6 Å². The molecule has 3 aromatic rings. The summed E-state index contributed by atoms with van der Waals surface area (Å²) in [6, 6.07) is 14.7. The summed E-state index contributed by atoms with van der Waals surface area (Å²) in [5, 5.41) is 23.7. The minimum atomic E-state index is -0.685. The van der Waals surface area contributed by atoms with Crippen molar-refractivity contribution >= 4 is 28.7 Å². The zero-order valence-electron chi connectivity index (χ0n) is 12.8. The maximum atomic E-state index is 10.3. The van der Waals surface area contributed by atoms with E-state index in [4.69, 9.17) is 21.5 Å². The number of fused-ring (bicyclic) bond motifs is 1. The number of hydrogen-bond donors (Lipinski definition) is 2. The number of rotatable bonds is 6. The SMILES string of the molecule is O/N=C\c1cn(C[C@H](O)COc2ccc(Cl)cc2)c2ccccc12. The number of aromatic nitrogens is 1. The zero-order valence-corrected chi connectivity index (χ0v) is 13.6. The predicted molar refractivity (Wildman–Crippen MR) is 94.3 cm³/mol. The molecule has 0 amide bonds. The summed E-state index contributed by atoms with van der Waals surface area (Å²) >= 11 is 5.83. The maximum absolute atomic E-state index is 10.3. The lowest BCUT2D eigenvalue weighted by molar-refractivity contribution is 0.0936. The predicted octanol–water partition coefficient (Wildman–Crippen LogP) is 3.54. The molecule has 0 fully saturated rings. The van der Waals surface area contributed by atoms with Crippen LogP contribution in [0, 0.1) is 0 Å². The van der Waals surface area contributed by atoms with E-state index in [1.807, 2.05) is 35.0 Å². The van der Waals surface area contributed by atoms with Gasteiger partial charge in [0.25, 0.3) is 0 Å². The van der Waals surface area contributed by atoms with Gasteiger partial charge in [0.15, 0.2) is 0 Å². The van der Waals surface area contributed by atoms with Crippen LogP contribution in [0.1, 0.15) is 5.56 Å². The van der Waals surface area contributed by atoms with Crippen molar-refractivity contribution in [1.82, 2.24) is 4.57 Å². The molecule has 1 atom stereocenters. The van der Waals surface area contributed by atoms with Gasteiger partial charge in [0.2, 0.25) is 0 Å². The molecule has 3 rings (SSSR count). The number of benzene rings is 2. The number of ether oxygens (including phenoxy) is 1. The fourth-order valence-corrected chi connectivity index (χ4v) is 2.72. The van der Waals surface area contributed by atoms with Gasteiger partial charge in [-0.3, -0.25) is 0 Å². The molecular formula is C18H17ClN2O3. The third-order valence-corrected chi connectivity index (χ3v) is 3.93. The normalized spacial score (nSPS) is 12.8. The minimum absolute atomic E-state index is 0.164. The smallest absolute Gasteiger partial charge is 0.119 e. The number of nitrogens with zero attached hydrogens (tertiary/aromatic N) is 2. The van der Waals surface area contributed by atoms with Gasteiger partial charge in [-0.2, -0.15) is 0 Å². The molecule has 0 saturated carbocycles. The van der Waals surface area contributed by atoms with Crippen LogP contribution in [0.3, 0.4) is 0 Å². The fraction of sp³-hybridized carbons (Fsp3) is 0.167. The number of aliphatic hydroxyl groups excluding tert-OH is 1. The Labute approximate surface area is 144 Å². The van der Waals surface area contributed by atoms with Crippen molar-refractivity contribution in [3.05, 3.63) is 65.3 Å². The standard InChI is InChI=1S/C18H17ClN2O3/c19-14-5-7-16(8-6-14)24-12-15(22)11-21-10-13(9-20-23)17-3-1-2-4-18(17)21/h1-10,15,22-23H,11-12H2/b20-9-/t15-/m0/s1. The van der Waals surface area contributed by atoms with Gasteiger partial charge >= 0.3 is 0 Å². The van der Waals surface area contributed by atoms with Crippen LogP contribution < -0.4 is 4.74 Å². The second-order valence-corrected chi connectivity index (χ2v) is 5.85. The first-order valence-electron chi connectivity index (χ1n) is 7.49. The van der Waals surface area contributed by atoms with Gasteiger partial charge < -0.3 is 19.6 Å². The van der Waals surface area contributed by atoms with Crippen LogP contribution in [0.15, 0.2) is 59.9 Å². The van der Waals surface area contributed by atoms with Crippen molar-refractivity contribution in [1.29, 1.82) is 0 Å². The lowest BCUT2D eigenvalue weighted by atomic mass is 10.2. The van der Waals surface area contributed by atoms with Gasteiger partial charge in [0.05, 0.1) is 12.8 Å². The highest BCUT2D eigenvalue weighted by molar-refractivity contribution is 6.30. The van der Waals surface area contributed by atoms with Crippen LogP contribution in [-0.2, 0) is 6.54 Å². The molecule has 0 bridgehead atoms. The Bertz CT molecular complexity index is 843. The molecule has 2 aromatic carbocycles. The van der Waals surface area contributed by atoms with Crippen molar-refractivity contribution in [3.63, 3.8) is 0 Å². The Morgan fingerprint density at radius 2 is 1.92 bits per heavy atom. The topological polar surface area (TPSA) is 67.0 Å². The Kier molecular flexibility index (Phi) is 5.03. The highest BCUT2D eigenvalue weighted by atomic mass is 35.5. The summed E-state index contributed by atoms with van der Waals surface area (Å²) in [5.74, 6) is 0.656. The van der Waals surface area contributed by atoms with E-state index >= 15 is 0 Å². The Balaban J connectivity index is 1.71. The van der Waals surface area contributed by atoms with Crippen molar-refractivity contribution in [2.24, 2.45) is 5.16 Å². The number of oxime groups is 1. The molecule has 0 radical (unpaired) electrons. The molecule has 0 unspecified atom stereocenters. The molecule has 0 spiro atoms. The van der Waals surface area contributed by atoms with E-state index in [0.29, 0.717) is 17.3 Å². The molecular weight excluding hydrogens is 328 g/mol. The molecule has 1 aromatic heterocycles. The maximum Gasteiger partial charge on any atom is 0.119 e. The Hall–Kier alpha value is -2.50. The third-order valence-electron chi connectivity index (χ3n) is 3.68. The Morgan fingerprint density at radius 1 is 1.17 bits per heavy atom. The molecule has 6 heteroatoms. The van der Waals surface area contributed by atoms with Crippen LogP contribution in [0.4, 0.5) is 0 Å². The largest absolute Gasteiger partial charge is 0.491 e. The molecule has 0 aliphatic rings. The van der Waals surface area contributed by atoms with E-state index < -0.39 is 6.10 Å². The van der Waals surface area contributed by atoms with E-state index in [2.05, 4.69) is 5.16 Å². The number of aliphatic hydroxyl groups is 1. The van der Waals surface area contributed by atoms with Crippen molar-refractivity contribution in [3.8, 4) is 5.75 Å². The van der Waals surface area contributed by atoms with Gasteiger partial charge in [-0.15, -0.1) is 0 Å². The molecule has 124 valence electrons. The zero-order chi connectivity index (χ0) is 16.9. The summed E-state index contributed by atoms with van der Waals surface area (Å²) in [4.78, 5) is 0. The summed E-state index contributed by atoms with van der Waals surface area (Å²) in [5.41, 5.74) is 1.75. The van der Waals surface area contributed by atoms with E-state index in [0.717, 1.165) is 16.5 Å². The van der Waals surface area contributed by atoms with Gasteiger partial charge in [-0.1, -0.05) is 35.0 Å². The summed E-state index contributed by atoms with van der Waals surface area (Å²) < 4.78 is 7.49.